The first-order valence-corrected chi connectivity index (χ1v) is 13.2. The standard InChI is InChI=1S/C24H19ClN4O4S2/c1-15-7-10-18(11-8-15)35(31,32)29-14-21(33-20-12-9-17(25)13-19(20)29)22(30)26-24-28-27-23(34-24)16-5-3-2-4-6-16/h2-13,21H,14H2,1H3,(H,26,28,30)/t21-/m1/s1. The third-order valence-electron chi connectivity index (χ3n) is 5.37. The van der Waals surface area contributed by atoms with E-state index in [4.69, 9.17) is 16.3 Å². The number of rotatable bonds is 5. The van der Waals surface area contributed by atoms with Gasteiger partial charge in [-0.2, -0.15) is 0 Å². The maximum atomic E-state index is 13.5. The van der Waals surface area contributed by atoms with Crippen LogP contribution in [0.2, 0.25) is 5.02 Å². The largest absolute Gasteiger partial charge is 0.476 e. The van der Waals surface area contributed by atoms with Crippen molar-refractivity contribution < 1.29 is 17.9 Å². The molecule has 0 spiro atoms. The number of hydrogen-bond acceptors (Lipinski definition) is 7. The van der Waals surface area contributed by atoms with Gasteiger partial charge in [0.05, 0.1) is 17.1 Å². The number of anilines is 2. The van der Waals surface area contributed by atoms with Gasteiger partial charge in [0.2, 0.25) is 5.13 Å². The molecule has 1 aliphatic heterocycles. The summed E-state index contributed by atoms with van der Waals surface area (Å²) in [5.74, 6) is -0.302. The summed E-state index contributed by atoms with van der Waals surface area (Å²) in [5, 5.41) is 12.1. The van der Waals surface area contributed by atoms with E-state index in [1.165, 1.54) is 29.5 Å². The maximum absolute atomic E-state index is 13.5. The van der Waals surface area contributed by atoms with Crippen molar-refractivity contribution in [3.63, 3.8) is 0 Å². The third kappa shape index (κ3) is 4.72. The number of carbonyl (C=O) groups is 1. The van der Waals surface area contributed by atoms with Crippen LogP contribution in [0, 0.1) is 6.92 Å². The average Bonchev–Trinajstić information content (AvgIpc) is 3.32. The molecule has 1 aromatic heterocycles. The monoisotopic (exact) mass is 526 g/mol. The normalized spacial score (nSPS) is 15.3. The van der Waals surface area contributed by atoms with Crippen LogP contribution in [0.4, 0.5) is 10.8 Å². The Hall–Kier alpha value is -3.47. The molecule has 1 N–H and O–H groups in total. The SMILES string of the molecule is Cc1ccc(S(=O)(=O)N2C[C@H](C(=O)Nc3nnc(-c4ccccc4)s3)Oc3ccc(Cl)cc32)cc1. The van der Waals surface area contributed by atoms with Gasteiger partial charge in [0.25, 0.3) is 15.9 Å². The highest BCUT2D eigenvalue weighted by atomic mass is 35.5. The van der Waals surface area contributed by atoms with E-state index in [1.54, 1.807) is 24.3 Å². The van der Waals surface area contributed by atoms with Gasteiger partial charge in [-0.15, -0.1) is 10.2 Å². The number of benzene rings is 3. The minimum absolute atomic E-state index is 0.103. The van der Waals surface area contributed by atoms with Gasteiger partial charge < -0.3 is 4.74 Å². The van der Waals surface area contributed by atoms with E-state index in [9.17, 15) is 13.2 Å². The number of aromatic nitrogens is 2. The third-order valence-corrected chi connectivity index (χ3v) is 8.28. The molecule has 1 amide bonds. The minimum Gasteiger partial charge on any atom is -0.476 e. The second-order valence-corrected chi connectivity index (χ2v) is 11.1. The molecule has 0 unspecified atom stereocenters. The van der Waals surface area contributed by atoms with Crippen LogP contribution in [-0.2, 0) is 14.8 Å². The number of halogens is 1. The van der Waals surface area contributed by atoms with E-state index in [-0.39, 0.29) is 28.0 Å². The van der Waals surface area contributed by atoms with Crippen molar-refractivity contribution in [1.82, 2.24) is 10.2 Å². The zero-order valence-electron chi connectivity index (χ0n) is 18.4. The molecule has 0 fully saturated rings. The maximum Gasteiger partial charge on any atom is 0.269 e. The molecular formula is C24H19ClN4O4S2. The zero-order valence-corrected chi connectivity index (χ0v) is 20.8. The highest BCUT2D eigenvalue weighted by Gasteiger charge is 2.38. The number of fused-ring (bicyclic) bond motifs is 1. The number of hydrogen-bond donors (Lipinski definition) is 1. The molecule has 1 aliphatic rings. The van der Waals surface area contributed by atoms with E-state index in [2.05, 4.69) is 15.5 Å². The Morgan fingerprint density at radius 1 is 1.09 bits per heavy atom. The summed E-state index contributed by atoms with van der Waals surface area (Å²) in [6.45, 7) is 1.64. The Labute approximate surface area is 211 Å². The fourth-order valence-corrected chi connectivity index (χ4v) is 5.97. The lowest BCUT2D eigenvalue weighted by atomic mass is 10.2. The summed E-state index contributed by atoms with van der Waals surface area (Å²) in [5.41, 5.74) is 2.07. The lowest BCUT2D eigenvalue weighted by Crippen LogP contribution is -2.48. The molecule has 5 rings (SSSR count). The Morgan fingerprint density at radius 3 is 2.57 bits per heavy atom. The van der Waals surface area contributed by atoms with Gasteiger partial charge in [-0.3, -0.25) is 14.4 Å². The van der Waals surface area contributed by atoms with E-state index in [0.717, 1.165) is 15.4 Å². The molecule has 4 aromatic rings. The van der Waals surface area contributed by atoms with E-state index in [1.807, 2.05) is 37.3 Å². The smallest absolute Gasteiger partial charge is 0.269 e. The van der Waals surface area contributed by atoms with Gasteiger partial charge in [0.1, 0.15) is 10.8 Å². The van der Waals surface area contributed by atoms with E-state index >= 15 is 0 Å². The number of ether oxygens (including phenoxy) is 1. The van der Waals surface area contributed by atoms with Crippen LogP contribution in [0.1, 0.15) is 5.56 Å². The first kappa shape index (κ1) is 23.3. The summed E-state index contributed by atoms with van der Waals surface area (Å²) in [6, 6.07) is 20.6. The van der Waals surface area contributed by atoms with Crippen LogP contribution in [-0.4, -0.2) is 37.2 Å². The predicted molar refractivity (Wildman–Crippen MR) is 136 cm³/mol. The first-order valence-electron chi connectivity index (χ1n) is 10.6. The van der Waals surface area contributed by atoms with Crippen LogP contribution in [0.3, 0.4) is 0 Å². The molecule has 0 saturated heterocycles. The van der Waals surface area contributed by atoms with Crippen molar-refractivity contribution in [2.45, 2.75) is 17.9 Å². The quantitative estimate of drug-likeness (QED) is 0.402. The molecule has 0 bridgehead atoms. The number of aryl methyl sites for hydroxylation is 1. The fraction of sp³-hybridized carbons (Fsp3) is 0.125. The molecule has 0 radical (unpaired) electrons. The average molecular weight is 527 g/mol. The Bertz CT molecular complexity index is 1490. The van der Waals surface area contributed by atoms with Crippen LogP contribution >= 0.6 is 22.9 Å². The van der Waals surface area contributed by atoms with Gasteiger partial charge in [-0.25, -0.2) is 8.42 Å². The fourth-order valence-electron chi connectivity index (χ4n) is 3.58. The van der Waals surface area contributed by atoms with Gasteiger partial charge in [-0.1, -0.05) is 71.0 Å². The van der Waals surface area contributed by atoms with Crippen molar-refractivity contribution in [2.75, 3.05) is 16.2 Å². The predicted octanol–water partition coefficient (Wildman–Crippen LogP) is 4.76. The lowest BCUT2D eigenvalue weighted by molar-refractivity contribution is -0.122. The van der Waals surface area contributed by atoms with Gasteiger partial charge >= 0.3 is 0 Å². The van der Waals surface area contributed by atoms with Gasteiger partial charge in [0, 0.05) is 10.6 Å². The molecule has 178 valence electrons. The number of nitrogens with one attached hydrogen (secondary N) is 1. The Kier molecular flexibility index (Phi) is 6.18. The minimum atomic E-state index is -3.99. The Balaban J connectivity index is 1.43. The summed E-state index contributed by atoms with van der Waals surface area (Å²) in [7, 11) is -3.99. The molecule has 0 saturated carbocycles. The number of sulfonamides is 1. The summed E-state index contributed by atoms with van der Waals surface area (Å²) >= 11 is 7.36. The molecule has 8 nitrogen and oxygen atoms in total. The van der Waals surface area contributed by atoms with Crippen molar-refractivity contribution >= 4 is 49.7 Å². The second-order valence-electron chi connectivity index (χ2n) is 7.84. The summed E-state index contributed by atoms with van der Waals surface area (Å²) in [6.07, 6.45) is -1.12. The molecule has 11 heteroatoms. The van der Waals surface area contributed by atoms with Crippen LogP contribution in [0.15, 0.2) is 77.7 Å². The summed E-state index contributed by atoms with van der Waals surface area (Å²) < 4.78 is 34.1. The molecule has 35 heavy (non-hydrogen) atoms. The molecular weight excluding hydrogens is 508 g/mol. The van der Waals surface area contributed by atoms with Crippen molar-refractivity contribution in [3.05, 3.63) is 83.4 Å². The molecule has 1 atom stereocenters. The number of amides is 1. The van der Waals surface area contributed by atoms with Crippen LogP contribution in [0.25, 0.3) is 10.6 Å². The Morgan fingerprint density at radius 2 is 1.83 bits per heavy atom. The van der Waals surface area contributed by atoms with Crippen LogP contribution in [0.5, 0.6) is 5.75 Å². The number of carbonyl (C=O) groups excluding carboxylic acids is 1. The van der Waals surface area contributed by atoms with E-state index in [0.29, 0.717) is 10.0 Å². The van der Waals surface area contributed by atoms with Crippen molar-refractivity contribution in [3.8, 4) is 16.3 Å². The molecule has 0 aliphatic carbocycles. The number of nitrogens with zero attached hydrogens (tertiary/aromatic N) is 3. The van der Waals surface area contributed by atoms with Crippen molar-refractivity contribution in [2.24, 2.45) is 0 Å². The van der Waals surface area contributed by atoms with Crippen LogP contribution < -0.4 is 14.4 Å². The van der Waals surface area contributed by atoms with Gasteiger partial charge in [0.15, 0.2) is 6.10 Å². The zero-order chi connectivity index (χ0) is 24.6. The summed E-state index contributed by atoms with van der Waals surface area (Å²) in [4.78, 5) is 13.2. The topological polar surface area (TPSA) is 101 Å². The van der Waals surface area contributed by atoms with Gasteiger partial charge in [-0.05, 0) is 37.3 Å². The highest BCUT2D eigenvalue weighted by molar-refractivity contribution is 7.92. The molecule has 2 heterocycles. The lowest BCUT2D eigenvalue weighted by Gasteiger charge is -2.34. The second kappa shape index (κ2) is 9.29. The van der Waals surface area contributed by atoms with Crippen molar-refractivity contribution in [1.29, 1.82) is 0 Å². The highest BCUT2D eigenvalue weighted by Crippen LogP contribution is 2.39. The van der Waals surface area contributed by atoms with E-state index < -0.39 is 22.0 Å². The molecule has 3 aromatic carbocycles. The first-order chi connectivity index (χ1) is 16.8.